The molecule has 1 amide bonds. The smallest absolute Gasteiger partial charge is 0.266 e. The molecule has 2 aromatic heterocycles. The van der Waals surface area contributed by atoms with Crippen molar-refractivity contribution in [3.63, 3.8) is 0 Å². The Morgan fingerprint density at radius 1 is 1.11 bits per heavy atom. The van der Waals surface area contributed by atoms with Crippen LogP contribution >= 0.6 is 23.2 Å². The lowest BCUT2D eigenvalue weighted by Crippen LogP contribution is -2.23. The number of aromatic nitrogens is 3. The number of pyridine rings is 1. The second kappa shape index (κ2) is 8.79. The van der Waals surface area contributed by atoms with Gasteiger partial charge in [-0.2, -0.15) is 5.10 Å². The molecule has 1 aromatic carbocycles. The number of hydrogen-bond donors (Lipinski definition) is 1. The van der Waals surface area contributed by atoms with Gasteiger partial charge in [-0.1, -0.05) is 23.2 Å². The summed E-state index contributed by atoms with van der Waals surface area (Å²) >= 11 is 11.8. The first-order valence-corrected chi connectivity index (χ1v) is 9.01. The van der Waals surface area contributed by atoms with Crippen molar-refractivity contribution in [3.05, 3.63) is 75.3 Å². The second-order valence-electron chi connectivity index (χ2n) is 5.83. The summed E-state index contributed by atoms with van der Waals surface area (Å²) in [6.07, 6.45) is 4.05. The highest BCUT2D eigenvalue weighted by Crippen LogP contribution is 2.22. The maximum absolute atomic E-state index is 12.1. The quantitative estimate of drug-likeness (QED) is 0.674. The number of amides is 1. The SMILES string of the molecule is O=C(CCCn1nc(-c2cccnc2)ccc1=O)Nc1cc(Cl)cc(Cl)c1. The molecule has 0 aliphatic heterocycles. The number of nitrogens with zero attached hydrogens (tertiary/aromatic N) is 3. The zero-order valence-corrected chi connectivity index (χ0v) is 15.7. The molecule has 8 heteroatoms. The zero-order valence-electron chi connectivity index (χ0n) is 14.2. The fourth-order valence-corrected chi connectivity index (χ4v) is 3.04. The van der Waals surface area contributed by atoms with Crippen LogP contribution in [-0.2, 0) is 11.3 Å². The summed E-state index contributed by atoms with van der Waals surface area (Å²) in [4.78, 5) is 28.1. The lowest BCUT2D eigenvalue weighted by atomic mass is 10.2. The van der Waals surface area contributed by atoms with Crippen molar-refractivity contribution < 1.29 is 4.79 Å². The first-order chi connectivity index (χ1) is 13.0. The van der Waals surface area contributed by atoms with E-state index in [1.807, 2.05) is 6.07 Å². The average molecular weight is 403 g/mol. The average Bonchev–Trinajstić information content (AvgIpc) is 2.63. The number of hydrogen-bond acceptors (Lipinski definition) is 4. The molecule has 0 spiro atoms. The van der Waals surface area contributed by atoms with Gasteiger partial charge in [0.25, 0.3) is 5.56 Å². The Morgan fingerprint density at radius 2 is 1.89 bits per heavy atom. The Labute approximate surface area is 165 Å². The molecule has 6 nitrogen and oxygen atoms in total. The molecule has 138 valence electrons. The van der Waals surface area contributed by atoms with Gasteiger partial charge in [0, 0.05) is 52.7 Å². The Bertz CT molecular complexity index is 986. The number of aryl methyl sites for hydroxylation is 1. The van der Waals surface area contributed by atoms with E-state index in [9.17, 15) is 9.59 Å². The lowest BCUT2D eigenvalue weighted by molar-refractivity contribution is -0.116. The van der Waals surface area contributed by atoms with Crippen molar-refractivity contribution in [1.82, 2.24) is 14.8 Å². The Kier molecular flexibility index (Phi) is 6.21. The van der Waals surface area contributed by atoms with E-state index in [1.54, 1.807) is 42.7 Å². The maximum atomic E-state index is 12.1. The Hall–Kier alpha value is -2.70. The Morgan fingerprint density at radius 3 is 2.59 bits per heavy atom. The molecule has 3 aromatic rings. The molecule has 1 N–H and O–H groups in total. The summed E-state index contributed by atoms with van der Waals surface area (Å²) < 4.78 is 1.35. The molecule has 2 heterocycles. The molecule has 0 aliphatic carbocycles. The van der Waals surface area contributed by atoms with Crippen LogP contribution in [0.1, 0.15) is 12.8 Å². The van der Waals surface area contributed by atoms with E-state index in [-0.39, 0.29) is 17.9 Å². The summed E-state index contributed by atoms with van der Waals surface area (Å²) in [5, 5.41) is 7.97. The molecule has 0 radical (unpaired) electrons. The predicted molar refractivity (Wildman–Crippen MR) is 106 cm³/mol. The molecule has 0 aliphatic rings. The van der Waals surface area contributed by atoms with Gasteiger partial charge in [0.2, 0.25) is 5.91 Å². The summed E-state index contributed by atoms with van der Waals surface area (Å²) in [5.41, 5.74) is 1.79. The van der Waals surface area contributed by atoms with Crippen molar-refractivity contribution >= 4 is 34.8 Å². The lowest BCUT2D eigenvalue weighted by Gasteiger charge is -2.08. The molecular weight excluding hydrogens is 387 g/mol. The molecule has 0 bridgehead atoms. The highest BCUT2D eigenvalue weighted by atomic mass is 35.5. The van der Waals surface area contributed by atoms with Gasteiger partial charge in [-0.3, -0.25) is 14.6 Å². The van der Waals surface area contributed by atoms with Crippen LogP contribution in [0.25, 0.3) is 11.3 Å². The van der Waals surface area contributed by atoms with Gasteiger partial charge in [-0.25, -0.2) is 4.68 Å². The third-order valence-electron chi connectivity index (χ3n) is 3.74. The number of carbonyl (C=O) groups is 1. The number of benzene rings is 1. The highest BCUT2D eigenvalue weighted by Gasteiger charge is 2.07. The van der Waals surface area contributed by atoms with Gasteiger partial charge in [-0.15, -0.1) is 0 Å². The molecule has 0 saturated heterocycles. The molecule has 0 fully saturated rings. The van der Waals surface area contributed by atoms with E-state index < -0.39 is 0 Å². The summed E-state index contributed by atoms with van der Waals surface area (Å²) in [6.45, 7) is 0.330. The standard InChI is InChI=1S/C19H16Cl2N4O2/c20-14-9-15(21)11-16(10-14)23-18(26)4-2-8-25-19(27)6-5-17(24-25)13-3-1-7-22-12-13/h1,3,5-7,9-12H,2,4,8H2,(H,23,26). The van der Waals surface area contributed by atoms with Crippen molar-refractivity contribution in [2.75, 3.05) is 5.32 Å². The fourth-order valence-electron chi connectivity index (χ4n) is 2.52. The van der Waals surface area contributed by atoms with Gasteiger partial charge >= 0.3 is 0 Å². The van der Waals surface area contributed by atoms with Crippen LogP contribution in [0.2, 0.25) is 10.0 Å². The van der Waals surface area contributed by atoms with Crippen molar-refractivity contribution in [2.24, 2.45) is 0 Å². The minimum atomic E-state index is -0.218. The van der Waals surface area contributed by atoms with E-state index in [1.165, 1.54) is 10.7 Å². The molecule has 0 saturated carbocycles. The third-order valence-corrected chi connectivity index (χ3v) is 4.18. The normalized spacial score (nSPS) is 10.6. The van der Waals surface area contributed by atoms with Gasteiger partial charge in [0.1, 0.15) is 0 Å². The number of halogens is 2. The highest BCUT2D eigenvalue weighted by molar-refractivity contribution is 6.35. The van der Waals surface area contributed by atoms with Gasteiger partial charge in [0.15, 0.2) is 0 Å². The fraction of sp³-hybridized carbons (Fsp3) is 0.158. The number of carbonyl (C=O) groups excluding carboxylic acids is 1. The van der Waals surface area contributed by atoms with E-state index in [0.29, 0.717) is 34.4 Å². The van der Waals surface area contributed by atoms with Crippen LogP contribution in [0.15, 0.2) is 59.7 Å². The summed E-state index contributed by atoms with van der Waals surface area (Å²) in [7, 11) is 0. The maximum Gasteiger partial charge on any atom is 0.266 e. The van der Waals surface area contributed by atoms with E-state index in [4.69, 9.17) is 23.2 Å². The van der Waals surface area contributed by atoms with Gasteiger partial charge in [-0.05, 0) is 42.8 Å². The molecule has 0 atom stereocenters. The van der Waals surface area contributed by atoms with Crippen molar-refractivity contribution in [1.29, 1.82) is 0 Å². The second-order valence-corrected chi connectivity index (χ2v) is 6.70. The zero-order chi connectivity index (χ0) is 19.2. The number of anilines is 1. The molecule has 27 heavy (non-hydrogen) atoms. The predicted octanol–water partition coefficient (Wildman–Crippen LogP) is 4.03. The Balaban J connectivity index is 1.60. The van der Waals surface area contributed by atoms with Crippen molar-refractivity contribution in [3.8, 4) is 11.3 Å². The van der Waals surface area contributed by atoms with Crippen LogP contribution in [-0.4, -0.2) is 20.7 Å². The molecular formula is C19H16Cl2N4O2. The van der Waals surface area contributed by atoms with Crippen LogP contribution in [0.5, 0.6) is 0 Å². The number of rotatable bonds is 6. The van der Waals surface area contributed by atoms with Crippen molar-refractivity contribution in [2.45, 2.75) is 19.4 Å². The van der Waals surface area contributed by atoms with Gasteiger partial charge in [0.05, 0.1) is 5.69 Å². The first kappa shape index (κ1) is 19.1. The summed E-state index contributed by atoms with van der Waals surface area (Å²) in [6, 6.07) is 11.6. The summed E-state index contributed by atoms with van der Waals surface area (Å²) in [5.74, 6) is -0.190. The first-order valence-electron chi connectivity index (χ1n) is 8.26. The van der Waals surface area contributed by atoms with E-state index in [2.05, 4.69) is 15.4 Å². The minimum absolute atomic E-state index is 0.190. The topological polar surface area (TPSA) is 76.9 Å². The van der Waals surface area contributed by atoms with E-state index in [0.717, 1.165) is 5.56 Å². The molecule has 0 unspecified atom stereocenters. The van der Waals surface area contributed by atoms with Crippen LogP contribution in [0.4, 0.5) is 5.69 Å². The van der Waals surface area contributed by atoms with Crippen LogP contribution in [0.3, 0.4) is 0 Å². The minimum Gasteiger partial charge on any atom is -0.326 e. The molecule has 3 rings (SSSR count). The monoisotopic (exact) mass is 402 g/mol. The number of nitrogens with one attached hydrogen (secondary N) is 1. The third kappa shape index (κ3) is 5.39. The van der Waals surface area contributed by atoms with E-state index >= 15 is 0 Å². The van der Waals surface area contributed by atoms with Crippen LogP contribution in [0, 0.1) is 0 Å². The van der Waals surface area contributed by atoms with Gasteiger partial charge < -0.3 is 5.32 Å². The van der Waals surface area contributed by atoms with Crippen LogP contribution < -0.4 is 10.9 Å². The largest absolute Gasteiger partial charge is 0.326 e.